The number of carbonyl (C=O) groups is 2. The number of hydrogen-bond donors (Lipinski definition) is 3. The van der Waals surface area contributed by atoms with Crippen LogP contribution in [-0.2, 0) is 11.2 Å². The molecule has 0 unspecified atom stereocenters. The van der Waals surface area contributed by atoms with Gasteiger partial charge in [0.05, 0.1) is 5.60 Å². The molecule has 1 aromatic heterocycles. The summed E-state index contributed by atoms with van der Waals surface area (Å²) in [7, 11) is 0. The lowest BCUT2D eigenvalue weighted by Gasteiger charge is -2.29. The van der Waals surface area contributed by atoms with Gasteiger partial charge in [-0.3, -0.25) is 14.9 Å². The van der Waals surface area contributed by atoms with Gasteiger partial charge >= 0.3 is 0 Å². The molecule has 1 aliphatic rings. The number of carbonyl (C=O) groups excluding carboxylic acids is 2. The lowest BCUT2D eigenvalue weighted by Crippen LogP contribution is -2.39. The Kier molecular flexibility index (Phi) is 8.48. The van der Waals surface area contributed by atoms with E-state index in [-0.39, 0.29) is 18.4 Å². The maximum absolute atomic E-state index is 12.7. The van der Waals surface area contributed by atoms with Crippen LogP contribution in [0.25, 0.3) is 0 Å². The quantitative estimate of drug-likeness (QED) is 0.382. The first-order chi connectivity index (χ1) is 17.2. The molecule has 0 aliphatic heterocycles. The van der Waals surface area contributed by atoms with E-state index >= 15 is 0 Å². The fourth-order valence-corrected chi connectivity index (χ4v) is 5.34. The van der Waals surface area contributed by atoms with Gasteiger partial charge in [0.15, 0.2) is 0 Å². The third kappa shape index (κ3) is 7.70. The second kappa shape index (κ2) is 11.8. The maximum Gasteiger partial charge on any atom is 0.257 e. The van der Waals surface area contributed by atoms with Crippen LogP contribution in [0.3, 0.4) is 0 Å². The second-order valence-corrected chi connectivity index (χ2v) is 11.3. The standard InChI is InChI=1S/C28H34N4O3S/c1-28(2,35)18-29-24(33)16-20-8-10-21(11-9-20)22-12-14-23(15-13-22)26(34)30-27-32-31-25(36-27)17-19-6-4-3-5-7-19/h3-7,12-15,20-21,35H,8-11,16-18H2,1-2H3,(H,29,33)(H,30,32,34). The highest BCUT2D eigenvalue weighted by Crippen LogP contribution is 2.37. The highest BCUT2D eigenvalue weighted by atomic mass is 32.1. The number of amides is 2. The highest BCUT2D eigenvalue weighted by molar-refractivity contribution is 7.15. The molecule has 3 N–H and O–H groups in total. The fourth-order valence-electron chi connectivity index (χ4n) is 4.57. The first kappa shape index (κ1) is 26.0. The third-order valence-electron chi connectivity index (χ3n) is 6.57. The molecule has 7 nitrogen and oxygen atoms in total. The molecular formula is C28H34N4O3S. The van der Waals surface area contributed by atoms with E-state index < -0.39 is 5.60 Å². The summed E-state index contributed by atoms with van der Waals surface area (Å²) < 4.78 is 0. The summed E-state index contributed by atoms with van der Waals surface area (Å²) in [5, 5.41) is 25.1. The van der Waals surface area contributed by atoms with Crippen molar-refractivity contribution in [3.8, 4) is 0 Å². The van der Waals surface area contributed by atoms with Crippen molar-refractivity contribution in [2.45, 2.75) is 63.9 Å². The minimum atomic E-state index is -0.890. The number of benzene rings is 2. The van der Waals surface area contributed by atoms with E-state index in [9.17, 15) is 14.7 Å². The third-order valence-corrected chi connectivity index (χ3v) is 7.41. The Hall–Kier alpha value is -3.10. The van der Waals surface area contributed by atoms with Gasteiger partial charge in [-0.1, -0.05) is 53.8 Å². The minimum absolute atomic E-state index is 0.0126. The van der Waals surface area contributed by atoms with Gasteiger partial charge in [-0.15, -0.1) is 10.2 Å². The number of aromatic nitrogens is 2. The zero-order valence-corrected chi connectivity index (χ0v) is 21.7. The Balaban J connectivity index is 1.24. The van der Waals surface area contributed by atoms with E-state index in [2.05, 4.69) is 20.8 Å². The predicted octanol–water partition coefficient (Wildman–Crippen LogP) is 4.93. The van der Waals surface area contributed by atoms with Gasteiger partial charge in [-0.25, -0.2) is 0 Å². The van der Waals surface area contributed by atoms with Gasteiger partial charge in [-0.05, 0) is 74.6 Å². The maximum atomic E-state index is 12.7. The first-order valence-corrected chi connectivity index (χ1v) is 13.3. The predicted molar refractivity (Wildman–Crippen MR) is 142 cm³/mol. The zero-order valence-electron chi connectivity index (χ0n) is 20.9. The molecule has 1 fully saturated rings. The van der Waals surface area contributed by atoms with Crippen LogP contribution in [0.1, 0.15) is 78.4 Å². The van der Waals surface area contributed by atoms with Crippen molar-refractivity contribution in [2.75, 3.05) is 11.9 Å². The van der Waals surface area contributed by atoms with Crippen molar-refractivity contribution >= 4 is 28.3 Å². The van der Waals surface area contributed by atoms with E-state index in [1.807, 2.05) is 54.6 Å². The number of rotatable bonds is 9. The number of hydrogen-bond acceptors (Lipinski definition) is 6. The van der Waals surface area contributed by atoms with Crippen LogP contribution in [0.15, 0.2) is 54.6 Å². The average molecular weight is 507 g/mol. The molecule has 3 aromatic rings. The van der Waals surface area contributed by atoms with E-state index in [1.54, 1.807) is 13.8 Å². The van der Waals surface area contributed by atoms with Gasteiger partial charge in [0.2, 0.25) is 11.0 Å². The summed E-state index contributed by atoms with van der Waals surface area (Å²) in [6, 6.07) is 17.9. The van der Waals surface area contributed by atoms with Gasteiger partial charge in [-0.2, -0.15) is 0 Å². The highest BCUT2D eigenvalue weighted by Gasteiger charge is 2.25. The van der Waals surface area contributed by atoms with Crippen molar-refractivity contribution in [1.82, 2.24) is 15.5 Å². The number of aliphatic hydroxyl groups is 1. The molecule has 0 radical (unpaired) electrons. The summed E-state index contributed by atoms with van der Waals surface area (Å²) in [4.78, 5) is 24.9. The molecule has 4 rings (SSSR count). The van der Waals surface area contributed by atoms with Crippen LogP contribution in [0.4, 0.5) is 5.13 Å². The molecule has 0 bridgehead atoms. The van der Waals surface area contributed by atoms with Crippen molar-refractivity contribution in [3.63, 3.8) is 0 Å². The molecule has 190 valence electrons. The Bertz CT molecular complexity index is 1150. The molecule has 0 atom stereocenters. The number of nitrogens with zero attached hydrogens (tertiary/aromatic N) is 2. The van der Waals surface area contributed by atoms with Crippen molar-refractivity contribution in [2.24, 2.45) is 5.92 Å². The first-order valence-electron chi connectivity index (χ1n) is 12.5. The monoisotopic (exact) mass is 506 g/mol. The smallest absolute Gasteiger partial charge is 0.257 e. The lowest BCUT2D eigenvalue weighted by molar-refractivity contribution is -0.123. The Morgan fingerprint density at radius 1 is 1.00 bits per heavy atom. The number of anilines is 1. The van der Waals surface area contributed by atoms with Gasteiger partial charge < -0.3 is 10.4 Å². The van der Waals surface area contributed by atoms with Crippen LogP contribution < -0.4 is 10.6 Å². The van der Waals surface area contributed by atoms with E-state index in [0.29, 0.717) is 35.4 Å². The van der Waals surface area contributed by atoms with Gasteiger partial charge in [0.25, 0.3) is 5.91 Å². The molecule has 36 heavy (non-hydrogen) atoms. The molecule has 2 aromatic carbocycles. The normalized spacial score (nSPS) is 18.0. The fraction of sp³-hybridized carbons (Fsp3) is 0.429. The lowest BCUT2D eigenvalue weighted by atomic mass is 9.77. The van der Waals surface area contributed by atoms with Crippen molar-refractivity contribution in [1.29, 1.82) is 0 Å². The molecule has 0 saturated heterocycles. The van der Waals surface area contributed by atoms with Gasteiger partial charge in [0.1, 0.15) is 5.01 Å². The van der Waals surface area contributed by atoms with Crippen LogP contribution in [0, 0.1) is 5.92 Å². The Morgan fingerprint density at radius 3 is 2.36 bits per heavy atom. The van der Waals surface area contributed by atoms with Crippen LogP contribution in [-0.4, -0.2) is 39.3 Å². The Morgan fingerprint density at radius 2 is 1.69 bits per heavy atom. The SMILES string of the molecule is CC(C)(O)CNC(=O)CC1CCC(c2ccc(C(=O)Nc3nnc(Cc4ccccc4)s3)cc2)CC1. The molecular weight excluding hydrogens is 472 g/mol. The van der Waals surface area contributed by atoms with E-state index in [0.717, 1.165) is 36.3 Å². The Labute approximate surface area is 216 Å². The van der Waals surface area contributed by atoms with E-state index in [4.69, 9.17) is 0 Å². The molecule has 1 saturated carbocycles. The molecule has 2 amide bonds. The molecule has 1 heterocycles. The second-order valence-electron chi connectivity index (χ2n) is 10.3. The van der Waals surface area contributed by atoms with E-state index in [1.165, 1.54) is 16.9 Å². The molecule has 0 spiro atoms. The summed E-state index contributed by atoms with van der Waals surface area (Å²) in [6.45, 7) is 3.65. The summed E-state index contributed by atoms with van der Waals surface area (Å²) in [6.07, 6.45) is 5.28. The van der Waals surface area contributed by atoms with Crippen LogP contribution in [0.2, 0.25) is 0 Å². The average Bonchev–Trinajstić information content (AvgIpc) is 3.30. The van der Waals surface area contributed by atoms with Gasteiger partial charge in [0, 0.05) is 24.9 Å². The minimum Gasteiger partial charge on any atom is -0.389 e. The van der Waals surface area contributed by atoms with Crippen molar-refractivity contribution < 1.29 is 14.7 Å². The zero-order chi connectivity index (χ0) is 25.5. The topological polar surface area (TPSA) is 104 Å². The van der Waals surface area contributed by atoms with Crippen molar-refractivity contribution in [3.05, 3.63) is 76.3 Å². The molecule has 8 heteroatoms. The summed E-state index contributed by atoms with van der Waals surface area (Å²) >= 11 is 1.39. The summed E-state index contributed by atoms with van der Waals surface area (Å²) in [5.41, 5.74) is 2.09. The summed E-state index contributed by atoms with van der Waals surface area (Å²) in [5.74, 6) is 0.650. The largest absolute Gasteiger partial charge is 0.389 e. The molecule has 1 aliphatic carbocycles. The van der Waals surface area contributed by atoms with Crippen LogP contribution in [0.5, 0.6) is 0 Å². The van der Waals surface area contributed by atoms with Crippen LogP contribution >= 0.6 is 11.3 Å². The number of nitrogens with one attached hydrogen (secondary N) is 2.